The number of methoxy groups -OCH3 is 1. The number of carbonyl (C=O) groups excluding carboxylic acids is 2. The van der Waals surface area contributed by atoms with Gasteiger partial charge in [-0.1, -0.05) is 12.1 Å². The number of nitrogens with one attached hydrogen (secondary N) is 1. The number of hydrogen-bond acceptors (Lipinski definition) is 3. The van der Waals surface area contributed by atoms with E-state index >= 15 is 0 Å². The van der Waals surface area contributed by atoms with Crippen LogP contribution in [0.4, 0.5) is 0 Å². The number of piperidine rings is 1. The lowest BCUT2D eigenvalue weighted by Gasteiger charge is -2.32. The van der Waals surface area contributed by atoms with E-state index in [1.54, 1.807) is 7.11 Å². The molecule has 1 aliphatic carbocycles. The van der Waals surface area contributed by atoms with Crippen LogP contribution in [0, 0.1) is 5.92 Å². The zero-order valence-corrected chi connectivity index (χ0v) is 14.3. The molecule has 0 unspecified atom stereocenters. The van der Waals surface area contributed by atoms with Gasteiger partial charge in [0.2, 0.25) is 11.8 Å². The molecule has 0 spiro atoms. The van der Waals surface area contributed by atoms with Crippen LogP contribution < -0.4 is 10.1 Å². The second-order valence-electron chi connectivity index (χ2n) is 6.76. The number of benzene rings is 1. The fourth-order valence-electron chi connectivity index (χ4n) is 3.27. The topological polar surface area (TPSA) is 58.6 Å². The molecule has 1 aromatic carbocycles. The summed E-state index contributed by atoms with van der Waals surface area (Å²) in [5, 5.41) is 3.04. The molecule has 1 N–H and O–H groups in total. The van der Waals surface area contributed by atoms with Crippen molar-refractivity contribution < 1.29 is 14.3 Å². The van der Waals surface area contributed by atoms with Crippen LogP contribution in [0.1, 0.15) is 37.7 Å². The molecule has 3 rings (SSSR count). The molecule has 2 fully saturated rings. The van der Waals surface area contributed by atoms with Gasteiger partial charge in [0.15, 0.2) is 0 Å². The smallest absolute Gasteiger partial charge is 0.224 e. The molecule has 130 valence electrons. The van der Waals surface area contributed by atoms with Crippen LogP contribution in [0.3, 0.4) is 0 Å². The zero-order valence-electron chi connectivity index (χ0n) is 14.3. The van der Waals surface area contributed by atoms with E-state index in [4.69, 9.17) is 4.74 Å². The average Bonchev–Trinajstić information content (AvgIpc) is 3.44. The third kappa shape index (κ3) is 4.28. The molecule has 5 heteroatoms. The molecule has 0 bridgehead atoms. The number of aryl methyl sites for hydroxylation is 1. The lowest BCUT2D eigenvalue weighted by atomic mass is 9.96. The van der Waals surface area contributed by atoms with E-state index in [1.807, 2.05) is 17.0 Å². The van der Waals surface area contributed by atoms with E-state index in [1.165, 1.54) is 5.56 Å². The summed E-state index contributed by atoms with van der Waals surface area (Å²) < 4.78 is 5.15. The Morgan fingerprint density at radius 1 is 1.25 bits per heavy atom. The van der Waals surface area contributed by atoms with Crippen molar-refractivity contribution in [3.8, 4) is 5.75 Å². The molecule has 1 aliphatic heterocycles. The van der Waals surface area contributed by atoms with Gasteiger partial charge in [-0.05, 0) is 49.8 Å². The highest BCUT2D eigenvalue weighted by Crippen LogP contribution is 2.31. The number of carbonyl (C=O) groups is 2. The van der Waals surface area contributed by atoms with Gasteiger partial charge in [-0.25, -0.2) is 0 Å². The second-order valence-corrected chi connectivity index (χ2v) is 6.76. The molecule has 1 aromatic rings. The van der Waals surface area contributed by atoms with Crippen molar-refractivity contribution >= 4 is 11.8 Å². The summed E-state index contributed by atoms with van der Waals surface area (Å²) in [7, 11) is 1.66. The summed E-state index contributed by atoms with van der Waals surface area (Å²) >= 11 is 0. The predicted molar refractivity (Wildman–Crippen MR) is 91.8 cm³/mol. The number of rotatable bonds is 7. The van der Waals surface area contributed by atoms with Crippen molar-refractivity contribution in [1.29, 1.82) is 0 Å². The van der Waals surface area contributed by atoms with Gasteiger partial charge in [-0.2, -0.15) is 0 Å². The highest BCUT2D eigenvalue weighted by molar-refractivity contribution is 5.84. The molecule has 2 amide bonds. The maximum atomic E-state index is 12.3. The van der Waals surface area contributed by atoms with Crippen molar-refractivity contribution in [2.24, 2.45) is 5.92 Å². The molecule has 1 saturated heterocycles. The van der Waals surface area contributed by atoms with E-state index in [0.717, 1.165) is 31.4 Å². The lowest BCUT2D eigenvalue weighted by molar-refractivity contribution is -0.138. The summed E-state index contributed by atoms with van der Waals surface area (Å²) in [6, 6.07) is 8.43. The predicted octanol–water partition coefficient (Wildman–Crippen LogP) is 2.14. The minimum Gasteiger partial charge on any atom is -0.497 e. The second kappa shape index (κ2) is 7.69. The van der Waals surface area contributed by atoms with Crippen molar-refractivity contribution in [2.45, 2.75) is 44.6 Å². The van der Waals surface area contributed by atoms with Gasteiger partial charge < -0.3 is 15.0 Å². The first-order valence-electron chi connectivity index (χ1n) is 8.87. The minimum atomic E-state index is -0.0377. The Morgan fingerprint density at radius 3 is 2.67 bits per heavy atom. The molecule has 2 aliphatic rings. The Bertz CT molecular complexity index is 581. The maximum Gasteiger partial charge on any atom is 0.224 e. The molecule has 24 heavy (non-hydrogen) atoms. The first-order chi connectivity index (χ1) is 11.7. The normalized spacial score (nSPS) is 20.8. The van der Waals surface area contributed by atoms with Crippen LogP contribution in [0.5, 0.6) is 5.75 Å². The monoisotopic (exact) mass is 330 g/mol. The fourth-order valence-corrected chi connectivity index (χ4v) is 3.27. The standard InChI is InChI=1S/C19H26N2O3/c1-24-17-9-4-14(5-10-17)3-2-12-20-19(23)15-6-11-18(22)21(13-15)16-7-8-16/h4-5,9-10,15-16H,2-3,6-8,11-13H2,1H3,(H,20,23)/t15-/m1/s1. The average molecular weight is 330 g/mol. The number of amides is 2. The Hall–Kier alpha value is -2.04. The Morgan fingerprint density at radius 2 is 2.00 bits per heavy atom. The van der Waals surface area contributed by atoms with Crippen LogP contribution in [0.15, 0.2) is 24.3 Å². The number of ether oxygens (including phenoxy) is 1. The molecule has 1 atom stereocenters. The van der Waals surface area contributed by atoms with Gasteiger partial charge in [0.1, 0.15) is 5.75 Å². The van der Waals surface area contributed by atoms with Crippen LogP contribution in [0.25, 0.3) is 0 Å². The van der Waals surface area contributed by atoms with Gasteiger partial charge in [0, 0.05) is 25.6 Å². The Balaban J connectivity index is 1.38. The zero-order chi connectivity index (χ0) is 16.9. The third-order valence-electron chi connectivity index (χ3n) is 4.90. The molecule has 5 nitrogen and oxygen atoms in total. The highest BCUT2D eigenvalue weighted by atomic mass is 16.5. The summed E-state index contributed by atoms with van der Waals surface area (Å²) in [5.74, 6) is 1.15. The van der Waals surface area contributed by atoms with E-state index in [2.05, 4.69) is 17.4 Å². The van der Waals surface area contributed by atoms with Gasteiger partial charge in [-0.3, -0.25) is 9.59 Å². The van der Waals surface area contributed by atoms with E-state index in [9.17, 15) is 9.59 Å². The molecule has 1 saturated carbocycles. The SMILES string of the molecule is COc1ccc(CCCNC(=O)[C@@H]2CCC(=O)N(C3CC3)C2)cc1. The highest BCUT2D eigenvalue weighted by Gasteiger charge is 2.38. The largest absolute Gasteiger partial charge is 0.497 e. The summed E-state index contributed by atoms with van der Waals surface area (Å²) in [6.45, 7) is 1.28. The fraction of sp³-hybridized carbons (Fsp3) is 0.579. The number of nitrogens with zero attached hydrogens (tertiary/aromatic N) is 1. The minimum absolute atomic E-state index is 0.0377. The van der Waals surface area contributed by atoms with Crippen LogP contribution in [-0.4, -0.2) is 43.0 Å². The Labute approximate surface area is 143 Å². The quantitative estimate of drug-likeness (QED) is 0.779. The van der Waals surface area contributed by atoms with Crippen molar-refractivity contribution in [1.82, 2.24) is 10.2 Å². The molecule has 0 aromatic heterocycles. The summed E-state index contributed by atoms with van der Waals surface area (Å²) in [4.78, 5) is 26.1. The number of hydrogen-bond donors (Lipinski definition) is 1. The number of likely N-dealkylation sites (tertiary alicyclic amines) is 1. The van der Waals surface area contributed by atoms with Crippen molar-refractivity contribution in [3.05, 3.63) is 29.8 Å². The van der Waals surface area contributed by atoms with Crippen LogP contribution in [0.2, 0.25) is 0 Å². The van der Waals surface area contributed by atoms with Gasteiger partial charge in [0.25, 0.3) is 0 Å². The molecular weight excluding hydrogens is 304 g/mol. The first-order valence-corrected chi connectivity index (χ1v) is 8.87. The lowest BCUT2D eigenvalue weighted by Crippen LogP contribution is -2.46. The summed E-state index contributed by atoms with van der Waals surface area (Å²) in [6.07, 6.45) is 5.24. The van der Waals surface area contributed by atoms with Gasteiger partial charge in [0.05, 0.1) is 13.0 Å². The van der Waals surface area contributed by atoms with E-state index in [-0.39, 0.29) is 17.7 Å². The molecule has 0 radical (unpaired) electrons. The molecular formula is C19H26N2O3. The van der Waals surface area contributed by atoms with Gasteiger partial charge in [-0.15, -0.1) is 0 Å². The van der Waals surface area contributed by atoms with Gasteiger partial charge >= 0.3 is 0 Å². The first kappa shape index (κ1) is 16.8. The summed E-state index contributed by atoms with van der Waals surface area (Å²) in [5.41, 5.74) is 1.24. The molecule has 1 heterocycles. The van der Waals surface area contributed by atoms with E-state index < -0.39 is 0 Å². The third-order valence-corrected chi connectivity index (χ3v) is 4.90. The van der Waals surface area contributed by atoms with Crippen LogP contribution in [-0.2, 0) is 16.0 Å². The maximum absolute atomic E-state index is 12.3. The van der Waals surface area contributed by atoms with E-state index in [0.29, 0.717) is 32.0 Å². The van der Waals surface area contributed by atoms with Crippen LogP contribution >= 0.6 is 0 Å². The van der Waals surface area contributed by atoms with Crippen molar-refractivity contribution in [2.75, 3.05) is 20.2 Å². The van der Waals surface area contributed by atoms with Crippen molar-refractivity contribution in [3.63, 3.8) is 0 Å². The Kier molecular flexibility index (Phi) is 5.38.